The maximum Gasteiger partial charge on any atom is 0.387 e. The van der Waals surface area contributed by atoms with E-state index in [0.717, 1.165) is 0 Å². The minimum atomic E-state index is -2.93. The van der Waals surface area contributed by atoms with Crippen molar-refractivity contribution in [1.29, 1.82) is 0 Å². The van der Waals surface area contributed by atoms with E-state index in [1.54, 1.807) is 38.4 Å². The summed E-state index contributed by atoms with van der Waals surface area (Å²) >= 11 is 0. The highest BCUT2D eigenvalue weighted by Crippen LogP contribution is 2.30. The lowest BCUT2D eigenvalue weighted by Crippen LogP contribution is -2.04. The summed E-state index contributed by atoms with van der Waals surface area (Å²) in [5.74, 6) is -0.105. The van der Waals surface area contributed by atoms with E-state index in [0.29, 0.717) is 17.9 Å². The van der Waals surface area contributed by atoms with Gasteiger partial charge >= 0.3 is 6.61 Å². The summed E-state index contributed by atoms with van der Waals surface area (Å²) in [5.41, 5.74) is 0.950. The van der Waals surface area contributed by atoms with E-state index in [1.807, 2.05) is 0 Å². The van der Waals surface area contributed by atoms with Crippen LogP contribution in [-0.4, -0.2) is 28.8 Å². The Kier molecular flexibility index (Phi) is 5.46. The molecule has 0 atom stereocenters. The van der Waals surface area contributed by atoms with Crippen molar-refractivity contribution in [2.45, 2.75) is 13.5 Å². The Morgan fingerprint density at radius 1 is 1.35 bits per heavy atom. The fraction of sp³-hybridized carbons (Fsp3) is 0.250. The van der Waals surface area contributed by atoms with Crippen LogP contribution in [0.5, 0.6) is 11.5 Å². The van der Waals surface area contributed by atoms with E-state index in [9.17, 15) is 13.6 Å². The Morgan fingerprint density at radius 3 is 2.74 bits per heavy atom. The van der Waals surface area contributed by atoms with Crippen LogP contribution >= 0.6 is 0 Å². The molecule has 1 heterocycles. The summed E-state index contributed by atoms with van der Waals surface area (Å²) in [6.45, 7) is -0.889. The summed E-state index contributed by atoms with van der Waals surface area (Å²) in [6, 6.07) is 6.08. The lowest BCUT2D eigenvalue weighted by Gasteiger charge is -2.11. The Bertz CT molecular complexity index is 711. The molecule has 122 valence electrons. The van der Waals surface area contributed by atoms with Crippen molar-refractivity contribution in [3.63, 3.8) is 0 Å². The number of benzene rings is 1. The molecule has 7 heteroatoms. The molecular weight excluding hydrogens is 306 g/mol. The first-order chi connectivity index (χ1) is 11.0. The Balaban J connectivity index is 2.17. The van der Waals surface area contributed by atoms with Crippen molar-refractivity contribution in [2.24, 2.45) is 7.05 Å². The van der Waals surface area contributed by atoms with Gasteiger partial charge in [0, 0.05) is 13.2 Å². The van der Waals surface area contributed by atoms with Crippen molar-refractivity contribution in [3.8, 4) is 11.5 Å². The molecule has 0 bridgehead atoms. The minimum Gasteiger partial charge on any atom is -0.490 e. The number of hydrogen-bond donors (Lipinski definition) is 0. The van der Waals surface area contributed by atoms with Crippen LogP contribution in [0.2, 0.25) is 0 Å². The molecule has 0 saturated carbocycles. The number of halogens is 2. The first-order valence-corrected chi connectivity index (χ1v) is 6.93. The smallest absolute Gasteiger partial charge is 0.387 e. The highest BCUT2D eigenvalue weighted by molar-refractivity contribution is 6.05. The average molecular weight is 322 g/mol. The van der Waals surface area contributed by atoms with Gasteiger partial charge in [0.15, 0.2) is 11.5 Å². The second kappa shape index (κ2) is 7.53. The van der Waals surface area contributed by atoms with Crippen molar-refractivity contribution < 1.29 is 23.0 Å². The van der Waals surface area contributed by atoms with Gasteiger partial charge in [-0.15, -0.1) is 0 Å². The summed E-state index contributed by atoms with van der Waals surface area (Å²) < 4.78 is 35.9. The number of ketones is 1. The van der Waals surface area contributed by atoms with Crippen LogP contribution in [-0.2, 0) is 7.05 Å². The van der Waals surface area contributed by atoms with E-state index in [2.05, 4.69) is 9.84 Å². The number of carbonyl (C=O) groups is 1. The second-order valence-corrected chi connectivity index (χ2v) is 4.59. The molecule has 0 radical (unpaired) electrons. The van der Waals surface area contributed by atoms with E-state index in [1.165, 1.54) is 22.9 Å². The molecule has 0 amide bonds. The molecule has 0 aliphatic carbocycles. The highest BCUT2D eigenvalue weighted by Gasteiger charge is 2.11. The van der Waals surface area contributed by atoms with E-state index in [4.69, 9.17) is 4.74 Å². The fourth-order valence-electron chi connectivity index (χ4n) is 1.89. The zero-order chi connectivity index (χ0) is 16.8. The normalized spacial score (nSPS) is 11.2. The monoisotopic (exact) mass is 322 g/mol. The molecule has 23 heavy (non-hydrogen) atoms. The minimum absolute atomic E-state index is 0.0462. The molecule has 0 unspecified atom stereocenters. The molecule has 0 aliphatic heterocycles. The SMILES string of the molecule is CCOc1cc(C=CC(=O)c2ccn(C)n2)ccc1OC(F)F. The predicted octanol–water partition coefficient (Wildman–Crippen LogP) is 3.32. The molecule has 0 N–H and O–H groups in total. The fourth-order valence-corrected chi connectivity index (χ4v) is 1.89. The lowest BCUT2D eigenvalue weighted by molar-refractivity contribution is -0.0514. The summed E-state index contributed by atoms with van der Waals surface area (Å²) in [6.07, 6.45) is 4.59. The number of ether oxygens (including phenoxy) is 2. The molecule has 0 spiro atoms. The van der Waals surface area contributed by atoms with Crippen LogP contribution in [0.4, 0.5) is 8.78 Å². The Morgan fingerprint density at radius 2 is 2.13 bits per heavy atom. The number of hydrogen-bond acceptors (Lipinski definition) is 4. The number of alkyl halides is 2. The van der Waals surface area contributed by atoms with Crippen LogP contribution in [0.15, 0.2) is 36.5 Å². The molecule has 0 fully saturated rings. The average Bonchev–Trinajstić information content (AvgIpc) is 2.93. The molecule has 2 rings (SSSR count). The van der Waals surface area contributed by atoms with Crippen molar-refractivity contribution in [2.75, 3.05) is 6.61 Å². The molecule has 0 saturated heterocycles. The van der Waals surface area contributed by atoms with Crippen LogP contribution in [0.3, 0.4) is 0 Å². The van der Waals surface area contributed by atoms with Gasteiger partial charge in [-0.2, -0.15) is 13.9 Å². The van der Waals surface area contributed by atoms with Crippen LogP contribution in [0, 0.1) is 0 Å². The second-order valence-electron chi connectivity index (χ2n) is 4.59. The summed E-state index contributed by atoms with van der Waals surface area (Å²) in [7, 11) is 1.72. The number of rotatable bonds is 7. The molecule has 5 nitrogen and oxygen atoms in total. The molecule has 0 aliphatic rings. The van der Waals surface area contributed by atoms with Gasteiger partial charge in [-0.25, -0.2) is 0 Å². The van der Waals surface area contributed by atoms with Gasteiger partial charge in [0.1, 0.15) is 5.69 Å². The van der Waals surface area contributed by atoms with Gasteiger partial charge in [0.2, 0.25) is 5.78 Å². The van der Waals surface area contributed by atoms with Crippen LogP contribution in [0.25, 0.3) is 6.08 Å². The molecule has 1 aromatic heterocycles. The van der Waals surface area contributed by atoms with E-state index < -0.39 is 6.61 Å². The standard InChI is InChI=1S/C16H16F2N2O3/c1-3-22-15-10-11(5-7-14(15)23-16(17)18)4-6-13(21)12-8-9-20(2)19-12/h4-10,16H,3H2,1-2H3. The quantitative estimate of drug-likeness (QED) is 0.580. The maximum absolute atomic E-state index is 12.3. The van der Waals surface area contributed by atoms with Gasteiger partial charge in [0.05, 0.1) is 6.61 Å². The first kappa shape index (κ1) is 16.7. The van der Waals surface area contributed by atoms with Crippen LogP contribution < -0.4 is 9.47 Å². The third kappa shape index (κ3) is 4.64. The number of allylic oxidation sites excluding steroid dienone is 1. The Hall–Kier alpha value is -2.70. The lowest BCUT2D eigenvalue weighted by atomic mass is 10.1. The first-order valence-electron chi connectivity index (χ1n) is 6.93. The van der Waals surface area contributed by atoms with Gasteiger partial charge in [-0.1, -0.05) is 12.1 Å². The number of nitrogens with zero attached hydrogens (tertiary/aromatic N) is 2. The maximum atomic E-state index is 12.3. The Labute approximate surface area is 132 Å². The topological polar surface area (TPSA) is 53.4 Å². The molecule has 2 aromatic rings. The van der Waals surface area contributed by atoms with Crippen molar-refractivity contribution in [1.82, 2.24) is 9.78 Å². The third-order valence-corrected chi connectivity index (χ3v) is 2.88. The van der Waals surface area contributed by atoms with E-state index >= 15 is 0 Å². The number of aryl methyl sites for hydroxylation is 1. The zero-order valence-electron chi connectivity index (χ0n) is 12.7. The van der Waals surface area contributed by atoms with E-state index in [-0.39, 0.29) is 17.3 Å². The molecule has 1 aromatic carbocycles. The number of aromatic nitrogens is 2. The van der Waals surface area contributed by atoms with Gasteiger partial charge in [-0.3, -0.25) is 9.48 Å². The summed E-state index contributed by atoms with van der Waals surface area (Å²) in [4.78, 5) is 11.9. The van der Waals surface area contributed by atoms with Gasteiger partial charge < -0.3 is 9.47 Å². The molecular formula is C16H16F2N2O3. The van der Waals surface area contributed by atoms with Crippen molar-refractivity contribution in [3.05, 3.63) is 47.8 Å². The highest BCUT2D eigenvalue weighted by atomic mass is 19.3. The zero-order valence-corrected chi connectivity index (χ0v) is 12.7. The van der Waals surface area contributed by atoms with Gasteiger partial charge in [-0.05, 0) is 36.8 Å². The largest absolute Gasteiger partial charge is 0.490 e. The van der Waals surface area contributed by atoms with Crippen molar-refractivity contribution >= 4 is 11.9 Å². The van der Waals surface area contributed by atoms with Gasteiger partial charge in [0.25, 0.3) is 0 Å². The third-order valence-electron chi connectivity index (χ3n) is 2.88. The number of carbonyl (C=O) groups excluding carboxylic acids is 1. The van der Waals surface area contributed by atoms with Crippen LogP contribution in [0.1, 0.15) is 23.0 Å². The predicted molar refractivity (Wildman–Crippen MR) is 80.8 cm³/mol. The summed E-state index contributed by atoms with van der Waals surface area (Å²) in [5, 5.41) is 4.00.